The summed E-state index contributed by atoms with van der Waals surface area (Å²) < 4.78 is 0. The van der Waals surface area contributed by atoms with Crippen molar-refractivity contribution in [3.8, 4) is 11.1 Å². The lowest BCUT2D eigenvalue weighted by Crippen LogP contribution is -2.17. The monoisotopic (exact) mass is 358 g/mol. The third-order valence-electron chi connectivity index (χ3n) is 5.98. The van der Waals surface area contributed by atoms with Crippen molar-refractivity contribution in [3.63, 3.8) is 0 Å². The number of H-pyrrole nitrogens is 1. The number of fused-ring (bicyclic) bond motifs is 2. The van der Waals surface area contributed by atoms with Gasteiger partial charge in [0.15, 0.2) is 0 Å². The van der Waals surface area contributed by atoms with Crippen molar-refractivity contribution < 1.29 is 0 Å². The maximum Gasteiger partial charge on any atom is 0.137 e. The number of hydrogen-bond acceptors (Lipinski definition) is 3. The molecule has 4 heteroatoms. The molecule has 1 saturated heterocycles. The molecule has 27 heavy (non-hydrogen) atoms. The van der Waals surface area contributed by atoms with E-state index in [9.17, 15) is 0 Å². The summed E-state index contributed by atoms with van der Waals surface area (Å²) in [6.07, 6.45) is 9.67. The predicted octanol–water partition coefficient (Wildman–Crippen LogP) is 4.75. The van der Waals surface area contributed by atoms with Gasteiger partial charge in [-0.25, -0.2) is 4.98 Å². The Bertz CT molecular complexity index is 1020. The highest BCUT2D eigenvalue weighted by atomic mass is 14.9. The molecule has 4 heterocycles. The van der Waals surface area contributed by atoms with Gasteiger partial charge >= 0.3 is 0 Å². The number of rotatable bonds is 3. The average molecular weight is 358 g/mol. The van der Waals surface area contributed by atoms with Crippen LogP contribution in [0.15, 0.2) is 35.6 Å². The Kier molecular flexibility index (Phi) is 4.09. The smallest absolute Gasteiger partial charge is 0.137 e. The van der Waals surface area contributed by atoms with Crippen molar-refractivity contribution in [1.29, 1.82) is 0 Å². The molecule has 0 radical (unpaired) electrons. The highest BCUT2D eigenvalue weighted by Crippen LogP contribution is 2.35. The number of aromatic nitrogens is 2. The molecule has 1 aromatic carbocycles. The summed E-state index contributed by atoms with van der Waals surface area (Å²) in [6, 6.07) is 7.46. The van der Waals surface area contributed by atoms with E-state index in [0.29, 0.717) is 12.0 Å². The van der Waals surface area contributed by atoms with Crippen LogP contribution in [-0.4, -0.2) is 29.3 Å². The van der Waals surface area contributed by atoms with Gasteiger partial charge in [0.1, 0.15) is 5.65 Å². The molecule has 0 amide bonds. The molecular weight excluding hydrogens is 332 g/mol. The fourth-order valence-electron chi connectivity index (χ4n) is 4.51. The summed E-state index contributed by atoms with van der Waals surface area (Å²) in [5, 5.41) is 4.91. The zero-order valence-electron chi connectivity index (χ0n) is 16.0. The number of nitrogens with one attached hydrogen (secondary N) is 2. The molecule has 3 aromatic rings. The van der Waals surface area contributed by atoms with E-state index >= 15 is 0 Å². The molecule has 1 atom stereocenters. The zero-order chi connectivity index (χ0) is 18.4. The lowest BCUT2D eigenvalue weighted by molar-refractivity contribution is 0.645. The molecule has 5 rings (SSSR count). The molecule has 2 aliphatic heterocycles. The minimum absolute atomic E-state index is 0.443. The third-order valence-corrected chi connectivity index (χ3v) is 5.98. The van der Waals surface area contributed by atoms with Crippen molar-refractivity contribution in [2.24, 2.45) is 4.99 Å². The van der Waals surface area contributed by atoms with E-state index < -0.39 is 0 Å². The first-order chi connectivity index (χ1) is 13.2. The van der Waals surface area contributed by atoms with Crippen molar-refractivity contribution >= 4 is 17.2 Å². The Morgan fingerprint density at radius 2 is 2.07 bits per heavy atom. The van der Waals surface area contributed by atoms with Crippen molar-refractivity contribution in [1.82, 2.24) is 15.3 Å². The lowest BCUT2D eigenvalue weighted by Gasteiger charge is -2.21. The van der Waals surface area contributed by atoms with E-state index in [1.807, 2.05) is 6.20 Å². The SMILES string of the molecule is CC(C)c1c[nH]c2ncc(-c3cc4c(c(C5CCCN5)c3)C=NCC4)cc12. The maximum absolute atomic E-state index is 4.70. The van der Waals surface area contributed by atoms with Crippen molar-refractivity contribution in [3.05, 3.63) is 52.8 Å². The van der Waals surface area contributed by atoms with Gasteiger partial charge in [-0.3, -0.25) is 4.99 Å². The standard InChI is InChI=1S/C23H26N4/c1-14(2)20-13-27-23-19(20)10-17(11-26-23)16-8-15-5-7-24-12-21(15)18(9-16)22-4-3-6-25-22/h8-14,22,25H,3-7H2,1-2H3,(H,26,27). The second-order valence-corrected chi connectivity index (χ2v) is 8.09. The summed E-state index contributed by atoms with van der Waals surface area (Å²) in [7, 11) is 0. The number of aromatic amines is 1. The molecule has 2 aliphatic rings. The third kappa shape index (κ3) is 2.88. The molecule has 1 unspecified atom stereocenters. The fourth-order valence-corrected chi connectivity index (χ4v) is 4.51. The van der Waals surface area contributed by atoms with Crippen LogP contribution >= 0.6 is 0 Å². The molecule has 4 nitrogen and oxygen atoms in total. The quantitative estimate of drug-likeness (QED) is 0.710. The fraction of sp³-hybridized carbons (Fsp3) is 0.391. The van der Waals surface area contributed by atoms with Gasteiger partial charge in [0, 0.05) is 47.7 Å². The van der Waals surface area contributed by atoms with Crippen LogP contribution in [0.25, 0.3) is 22.2 Å². The summed E-state index contributed by atoms with van der Waals surface area (Å²) in [4.78, 5) is 12.6. The normalized spacial score (nSPS) is 19.1. The van der Waals surface area contributed by atoms with Crippen molar-refractivity contribution in [2.75, 3.05) is 13.1 Å². The topological polar surface area (TPSA) is 53.1 Å². The summed E-state index contributed by atoms with van der Waals surface area (Å²) in [6.45, 7) is 6.46. The largest absolute Gasteiger partial charge is 0.346 e. The Morgan fingerprint density at radius 3 is 2.89 bits per heavy atom. The molecule has 0 aliphatic carbocycles. The van der Waals surface area contributed by atoms with Gasteiger partial charge in [-0.2, -0.15) is 0 Å². The first kappa shape index (κ1) is 16.7. The highest BCUT2D eigenvalue weighted by molar-refractivity contribution is 5.89. The number of pyridine rings is 1. The summed E-state index contributed by atoms with van der Waals surface area (Å²) in [5.41, 5.74) is 8.95. The van der Waals surface area contributed by atoms with Gasteiger partial charge < -0.3 is 10.3 Å². The summed E-state index contributed by atoms with van der Waals surface area (Å²) in [5.74, 6) is 0.480. The number of hydrogen-bond donors (Lipinski definition) is 2. The van der Waals surface area contributed by atoms with Crippen LogP contribution in [0.3, 0.4) is 0 Å². The van der Waals surface area contributed by atoms with Crippen molar-refractivity contribution in [2.45, 2.75) is 45.1 Å². The number of benzene rings is 1. The minimum atomic E-state index is 0.443. The van der Waals surface area contributed by atoms with Gasteiger partial charge in [-0.15, -0.1) is 0 Å². The van der Waals surface area contributed by atoms with Crippen LogP contribution in [-0.2, 0) is 6.42 Å². The van der Waals surface area contributed by atoms with E-state index in [4.69, 9.17) is 4.98 Å². The van der Waals surface area contributed by atoms with Gasteiger partial charge in [0.05, 0.1) is 0 Å². The Hall–Kier alpha value is -2.46. The van der Waals surface area contributed by atoms with Gasteiger partial charge in [0.25, 0.3) is 0 Å². The van der Waals surface area contributed by atoms with E-state index in [2.05, 4.69) is 59.8 Å². The Morgan fingerprint density at radius 1 is 1.15 bits per heavy atom. The molecule has 1 fully saturated rings. The van der Waals surface area contributed by atoms with Gasteiger partial charge in [0.2, 0.25) is 0 Å². The van der Waals surface area contributed by atoms with E-state index in [1.54, 1.807) is 0 Å². The highest BCUT2D eigenvalue weighted by Gasteiger charge is 2.23. The molecule has 0 saturated carbocycles. The maximum atomic E-state index is 4.70. The van der Waals surface area contributed by atoms with Crippen LogP contribution in [0, 0.1) is 0 Å². The van der Waals surface area contributed by atoms with Crippen LogP contribution in [0.2, 0.25) is 0 Å². The summed E-state index contributed by atoms with van der Waals surface area (Å²) >= 11 is 0. The molecule has 0 spiro atoms. The molecule has 2 aromatic heterocycles. The van der Waals surface area contributed by atoms with Gasteiger partial charge in [-0.05, 0) is 66.1 Å². The molecule has 2 N–H and O–H groups in total. The molecule has 138 valence electrons. The zero-order valence-corrected chi connectivity index (χ0v) is 16.0. The number of nitrogens with zero attached hydrogens (tertiary/aromatic N) is 2. The van der Waals surface area contributed by atoms with Crippen LogP contribution < -0.4 is 5.32 Å². The number of aliphatic imine (C=N–C) groups is 1. The minimum Gasteiger partial charge on any atom is -0.346 e. The van der Waals surface area contributed by atoms with E-state index in [1.165, 1.54) is 51.6 Å². The Labute approximate surface area is 160 Å². The van der Waals surface area contributed by atoms with Gasteiger partial charge in [-0.1, -0.05) is 19.9 Å². The first-order valence-electron chi connectivity index (χ1n) is 10.1. The lowest BCUT2D eigenvalue weighted by atomic mass is 9.88. The molecule has 0 bridgehead atoms. The predicted molar refractivity (Wildman–Crippen MR) is 112 cm³/mol. The Balaban J connectivity index is 1.66. The van der Waals surface area contributed by atoms with E-state index in [-0.39, 0.29) is 0 Å². The second kappa shape index (κ2) is 6.61. The second-order valence-electron chi connectivity index (χ2n) is 8.09. The average Bonchev–Trinajstić information content (AvgIpc) is 3.36. The first-order valence-corrected chi connectivity index (χ1v) is 10.1. The van der Waals surface area contributed by atoms with Crippen LogP contribution in [0.4, 0.5) is 0 Å². The van der Waals surface area contributed by atoms with E-state index in [0.717, 1.165) is 25.2 Å². The van der Waals surface area contributed by atoms with Crippen LogP contribution in [0.5, 0.6) is 0 Å². The van der Waals surface area contributed by atoms with Crippen LogP contribution in [0.1, 0.15) is 60.9 Å². The molecular formula is C23H26N4.